The lowest BCUT2D eigenvalue weighted by Crippen LogP contribution is -2.60. The Morgan fingerprint density at radius 1 is 1.14 bits per heavy atom. The Balaban J connectivity index is 1.85. The number of nitrogens with zero attached hydrogens (tertiary/aromatic N) is 1. The van der Waals surface area contributed by atoms with Gasteiger partial charge in [0.15, 0.2) is 0 Å². The van der Waals surface area contributed by atoms with Crippen molar-refractivity contribution in [2.24, 2.45) is 5.73 Å². The number of likely N-dealkylation sites (N-methyl/N-ethyl adjacent to an activating group) is 1. The molecule has 0 heterocycles. The van der Waals surface area contributed by atoms with E-state index >= 15 is 0 Å². The van der Waals surface area contributed by atoms with E-state index in [1.54, 1.807) is 5.56 Å². The van der Waals surface area contributed by atoms with E-state index < -0.39 is 0 Å². The summed E-state index contributed by atoms with van der Waals surface area (Å²) in [6.07, 6.45) is 10.5. The van der Waals surface area contributed by atoms with E-state index in [9.17, 15) is 0 Å². The van der Waals surface area contributed by atoms with Crippen LogP contribution in [0.1, 0.15) is 56.6 Å². The predicted octanol–water partition coefficient (Wildman–Crippen LogP) is 3.53. The maximum Gasteiger partial charge on any atom is 0.0378 e. The molecular weight excluding hydrogens is 256 g/mol. The smallest absolute Gasteiger partial charge is 0.0378 e. The topological polar surface area (TPSA) is 29.3 Å². The fourth-order valence-corrected chi connectivity index (χ4v) is 4.69. The minimum Gasteiger partial charge on any atom is -0.329 e. The summed E-state index contributed by atoms with van der Waals surface area (Å²) in [5.74, 6) is 0. The number of fused-ring (bicyclic) bond motifs is 1. The molecule has 1 unspecified atom stereocenters. The number of rotatable bonds is 4. The van der Waals surface area contributed by atoms with Gasteiger partial charge in [0.2, 0.25) is 0 Å². The Kier molecular flexibility index (Phi) is 4.66. The average Bonchev–Trinajstić information content (AvgIpc) is 2.56. The van der Waals surface area contributed by atoms with Crippen LogP contribution in [0.5, 0.6) is 0 Å². The lowest BCUT2D eigenvalue weighted by molar-refractivity contribution is 0.0249. The lowest BCUT2D eigenvalue weighted by Gasteiger charge is -2.50. The third-order valence-electron chi connectivity index (χ3n) is 5.84. The average molecular weight is 286 g/mol. The molecule has 2 aliphatic carbocycles. The van der Waals surface area contributed by atoms with Gasteiger partial charge in [-0.3, -0.25) is 4.90 Å². The summed E-state index contributed by atoms with van der Waals surface area (Å²) in [4.78, 5) is 2.78. The molecule has 0 spiro atoms. The minimum absolute atomic E-state index is 0.200. The van der Waals surface area contributed by atoms with Crippen molar-refractivity contribution in [1.29, 1.82) is 0 Å². The van der Waals surface area contributed by atoms with Gasteiger partial charge in [-0.2, -0.15) is 0 Å². The summed E-state index contributed by atoms with van der Waals surface area (Å²) in [6, 6.07) is 9.73. The summed E-state index contributed by atoms with van der Waals surface area (Å²) < 4.78 is 0. The summed E-state index contributed by atoms with van der Waals surface area (Å²) in [7, 11) is 0. The second-order valence-electron chi connectivity index (χ2n) is 6.95. The van der Waals surface area contributed by atoms with E-state index in [1.807, 2.05) is 0 Å². The Hall–Kier alpha value is -0.860. The molecule has 2 aliphatic rings. The standard InChI is InChI=1S/C19H30N2/c1-2-21(18-10-4-3-5-11-18)19(15-20)13-12-16-8-6-7-9-17(16)14-19/h6-9,18H,2-5,10-15,20H2,1H3. The van der Waals surface area contributed by atoms with Crippen molar-refractivity contribution in [1.82, 2.24) is 4.90 Å². The maximum atomic E-state index is 6.34. The highest BCUT2D eigenvalue weighted by Crippen LogP contribution is 2.36. The number of hydrogen-bond donors (Lipinski definition) is 1. The summed E-state index contributed by atoms with van der Waals surface area (Å²) in [5.41, 5.74) is 9.61. The highest BCUT2D eigenvalue weighted by atomic mass is 15.2. The predicted molar refractivity (Wildman–Crippen MR) is 89.5 cm³/mol. The van der Waals surface area contributed by atoms with E-state index in [-0.39, 0.29) is 5.54 Å². The van der Waals surface area contributed by atoms with Crippen molar-refractivity contribution < 1.29 is 0 Å². The highest BCUT2D eigenvalue weighted by molar-refractivity contribution is 5.32. The molecule has 0 amide bonds. The van der Waals surface area contributed by atoms with Crippen LogP contribution in [-0.2, 0) is 12.8 Å². The summed E-state index contributed by atoms with van der Waals surface area (Å²) in [5, 5.41) is 0. The van der Waals surface area contributed by atoms with Crippen LogP contribution >= 0.6 is 0 Å². The normalized spacial score (nSPS) is 26.8. The highest BCUT2D eigenvalue weighted by Gasteiger charge is 2.41. The number of nitrogens with two attached hydrogens (primary N) is 1. The fourth-order valence-electron chi connectivity index (χ4n) is 4.69. The lowest BCUT2D eigenvalue weighted by atomic mass is 9.75. The van der Waals surface area contributed by atoms with Gasteiger partial charge in [-0.25, -0.2) is 0 Å². The van der Waals surface area contributed by atoms with Crippen molar-refractivity contribution >= 4 is 0 Å². The molecule has 1 aromatic carbocycles. The van der Waals surface area contributed by atoms with Gasteiger partial charge in [0.25, 0.3) is 0 Å². The molecule has 2 nitrogen and oxygen atoms in total. The molecule has 2 heteroatoms. The van der Waals surface area contributed by atoms with Gasteiger partial charge >= 0.3 is 0 Å². The number of aryl methyl sites for hydroxylation is 1. The SMILES string of the molecule is CCN(C1CCCCC1)C1(CN)CCc2ccccc2C1. The molecule has 116 valence electrons. The third kappa shape index (κ3) is 2.89. The fraction of sp³-hybridized carbons (Fsp3) is 0.684. The molecule has 21 heavy (non-hydrogen) atoms. The van der Waals surface area contributed by atoms with Crippen molar-refractivity contribution in [3.05, 3.63) is 35.4 Å². The molecule has 1 fully saturated rings. The van der Waals surface area contributed by atoms with Gasteiger partial charge in [0.05, 0.1) is 0 Å². The summed E-state index contributed by atoms with van der Waals surface area (Å²) in [6.45, 7) is 4.27. The Labute approximate surface area is 129 Å². The first-order valence-electron chi connectivity index (χ1n) is 8.83. The molecule has 0 saturated heterocycles. The van der Waals surface area contributed by atoms with Gasteiger partial charge in [-0.05, 0) is 49.8 Å². The van der Waals surface area contributed by atoms with Gasteiger partial charge in [0, 0.05) is 18.1 Å². The second kappa shape index (κ2) is 6.50. The molecular formula is C19H30N2. The van der Waals surface area contributed by atoms with Crippen LogP contribution in [0.15, 0.2) is 24.3 Å². The molecule has 0 aromatic heterocycles. The van der Waals surface area contributed by atoms with Crippen molar-refractivity contribution in [3.8, 4) is 0 Å². The monoisotopic (exact) mass is 286 g/mol. The molecule has 2 N–H and O–H groups in total. The maximum absolute atomic E-state index is 6.34. The largest absolute Gasteiger partial charge is 0.329 e. The van der Waals surface area contributed by atoms with Gasteiger partial charge in [0.1, 0.15) is 0 Å². The van der Waals surface area contributed by atoms with E-state index in [2.05, 4.69) is 36.1 Å². The van der Waals surface area contributed by atoms with Crippen molar-refractivity contribution in [2.45, 2.75) is 69.9 Å². The van der Waals surface area contributed by atoms with Crippen molar-refractivity contribution in [3.63, 3.8) is 0 Å². The zero-order valence-corrected chi connectivity index (χ0v) is 13.5. The van der Waals surface area contributed by atoms with Crippen LogP contribution in [0.25, 0.3) is 0 Å². The Morgan fingerprint density at radius 3 is 2.52 bits per heavy atom. The van der Waals surface area contributed by atoms with Crippen LogP contribution in [0.4, 0.5) is 0 Å². The first kappa shape index (κ1) is 15.1. The second-order valence-corrected chi connectivity index (χ2v) is 6.95. The van der Waals surface area contributed by atoms with Crippen LogP contribution in [0.3, 0.4) is 0 Å². The molecule has 0 aliphatic heterocycles. The first-order valence-corrected chi connectivity index (χ1v) is 8.83. The third-order valence-corrected chi connectivity index (χ3v) is 5.84. The number of benzene rings is 1. The quantitative estimate of drug-likeness (QED) is 0.917. The molecule has 0 radical (unpaired) electrons. The van der Waals surface area contributed by atoms with Crippen molar-refractivity contribution in [2.75, 3.05) is 13.1 Å². The van der Waals surface area contributed by atoms with Crippen LogP contribution in [0, 0.1) is 0 Å². The number of hydrogen-bond acceptors (Lipinski definition) is 2. The van der Waals surface area contributed by atoms with E-state index in [0.717, 1.165) is 25.6 Å². The minimum atomic E-state index is 0.200. The van der Waals surface area contributed by atoms with Gasteiger partial charge < -0.3 is 5.73 Å². The molecule has 3 rings (SSSR count). The van der Waals surface area contributed by atoms with Gasteiger partial charge in [-0.1, -0.05) is 50.5 Å². The van der Waals surface area contributed by atoms with Crippen LogP contribution < -0.4 is 5.73 Å². The van der Waals surface area contributed by atoms with E-state index in [1.165, 1.54) is 50.5 Å². The Bertz CT molecular complexity index is 464. The molecule has 1 saturated carbocycles. The van der Waals surface area contributed by atoms with E-state index in [4.69, 9.17) is 5.73 Å². The van der Waals surface area contributed by atoms with Crippen LogP contribution in [0.2, 0.25) is 0 Å². The summed E-state index contributed by atoms with van der Waals surface area (Å²) >= 11 is 0. The van der Waals surface area contributed by atoms with E-state index in [0.29, 0.717) is 0 Å². The zero-order valence-electron chi connectivity index (χ0n) is 13.5. The Morgan fingerprint density at radius 2 is 1.86 bits per heavy atom. The van der Waals surface area contributed by atoms with Gasteiger partial charge in [-0.15, -0.1) is 0 Å². The molecule has 1 atom stereocenters. The zero-order chi connectivity index (χ0) is 14.7. The van der Waals surface area contributed by atoms with Crippen LogP contribution in [-0.4, -0.2) is 29.6 Å². The first-order chi connectivity index (χ1) is 10.3. The molecule has 0 bridgehead atoms. The molecule has 1 aromatic rings.